The van der Waals surface area contributed by atoms with Gasteiger partial charge in [-0.1, -0.05) is 19.9 Å². The molecule has 2 N–H and O–H groups in total. The van der Waals surface area contributed by atoms with Crippen LogP contribution in [0.5, 0.6) is 0 Å². The first-order valence-electron chi connectivity index (χ1n) is 7.13. The highest BCUT2D eigenvalue weighted by molar-refractivity contribution is 7.80. The van der Waals surface area contributed by atoms with Crippen molar-refractivity contribution < 1.29 is 4.79 Å². The predicted molar refractivity (Wildman–Crippen MR) is 86.5 cm³/mol. The number of nitrogens with zero attached hydrogens (tertiary/aromatic N) is 2. The number of hydrogen-bond donors (Lipinski definition) is 2. The maximum atomic E-state index is 12.4. The van der Waals surface area contributed by atoms with Crippen molar-refractivity contribution in [2.24, 2.45) is 0 Å². The number of hydrogen-bond acceptors (Lipinski definition) is 3. The summed E-state index contributed by atoms with van der Waals surface area (Å²) >= 11 is 5.22. The van der Waals surface area contributed by atoms with Crippen LogP contribution in [0.1, 0.15) is 31.9 Å². The number of carbonyl (C=O) groups is 1. The summed E-state index contributed by atoms with van der Waals surface area (Å²) in [4.78, 5) is 18.2. The molecule has 1 amide bonds. The zero-order valence-corrected chi connectivity index (χ0v) is 13.3. The highest BCUT2D eigenvalue weighted by Crippen LogP contribution is 2.31. The van der Waals surface area contributed by atoms with Gasteiger partial charge in [-0.3, -0.25) is 9.78 Å². The molecule has 2 aliphatic heterocycles. The van der Waals surface area contributed by atoms with E-state index in [1.807, 2.05) is 33.0 Å². The maximum absolute atomic E-state index is 12.4. The highest BCUT2D eigenvalue weighted by atomic mass is 32.1. The molecule has 0 aliphatic carbocycles. The Labute approximate surface area is 130 Å². The topological polar surface area (TPSA) is 57.3 Å². The summed E-state index contributed by atoms with van der Waals surface area (Å²) in [5.41, 5.74) is 2.62. The molecule has 21 heavy (non-hydrogen) atoms. The monoisotopic (exact) mass is 304 g/mol. The van der Waals surface area contributed by atoms with Gasteiger partial charge in [-0.25, -0.2) is 0 Å². The van der Waals surface area contributed by atoms with E-state index in [0.717, 1.165) is 23.3 Å². The lowest BCUT2D eigenvalue weighted by molar-refractivity contribution is -0.127. The Morgan fingerprint density at radius 2 is 2.19 bits per heavy atom. The van der Waals surface area contributed by atoms with Crippen molar-refractivity contribution in [1.29, 1.82) is 0 Å². The first kappa shape index (κ1) is 15.4. The molecule has 2 aliphatic rings. The standard InChI is InChI=1S/C13H14N4OS.C2H6/c1-17-6-4-9-10(12(17)18)11(16-13(19)15-9)8-3-2-5-14-7-8;1-2/h2-3,5,7,11H,4,6H2,1H3,(H2,15,16,19);1-2H3. The molecule has 0 aromatic carbocycles. The number of likely N-dealkylation sites (N-methyl/N-ethyl adjacent to an activating group) is 1. The summed E-state index contributed by atoms with van der Waals surface area (Å²) in [6, 6.07) is 3.59. The van der Waals surface area contributed by atoms with Gasteiger partial charge in [0.05, 0.1) is 11.6 Å². The van der Waals surface area contributed by atoms with Gasteiger partial charge in [0.2, 0.25) is 0 Å². The molecule has 0 radical (unpaired) electrons. The molecule has 5 nitrogen and oxygen atoms in total. The van der Waals surface area contributed by atoms with Crippen LogP contribution < -0.4 is 10.6 Å². The summed E-state index contributed by atoms with van der Waals surface area (Å²) in [6.45, 7) is 4.72. The van der Waals surface area contributed by atoms with E-state index >= 15 is 0 Å². The van der Waals surface area contributed by atoms with Gasteiger partial charge in [-0.15, -0.1) is 0 Å². The predicted octanol–water partition coefficient (Wildman–Crippen LogP) is 1.74. The lowest BCUT2D eigenvalue weighted by Crippen LogP contribution is -2.50. The minimum absolute atomic E-state index is 0.0394. The van der Waals surface area contributed by atoms with Gasteiger partial charge in [-0.05, 0) is 23.8 Å². The van der Waals surface area contributed by atoms with Crippen LogP contribution in [0.15, 0.2) is 35.8 Å². The Kier molecular flexibility index (Phi) is 4.90. The smallest absolute Gasteiger partial charge is 0.253 e. The molecule has 3 rings (SSSR count). The van der Waals surface area contributed by atoms with Crippen molar-refractivity contribution in [3.63, 3.8) is 0 Å². The van der Waals surface area contributed by atoms with Crippen molar-refractivity contribution in [2.45, 2.75) is 26.3 Å². The average Bonchev–Trinajstić information content (AvgIpc) is 2.53. The Hall–Kier alpha value is -1.95. The van der Waals surface area contributed by atoms with Crippen LogP contribution in [0, 0.1) is 0 Å². The van der Waals surface area contributed by atoms with Crippen LogP contribution in [-0.2, 0) is 4.79 Å². The van der Waals surface area contributed by atoms with E-state index in [4.69, 9.17) is 12.2 Å². The third kappa shape index (κ3) is 3.05. The minimum Gasteiger partial charge on any atom is -0.351 e. The molecule has 0 saturated carbocycles. The van der Waals surface area contributed by atoms with E-state index < -0.39 is 0 Å². The van der Waals surface area contributed by atoms with E-state index in [1.165, 1.54) is 0 Å². The molecule has 6 heteroatoms. The summed E-state index contributed by atoms with van der Waals surface area (Å²) in [5.74, 6) is 0.0394. The largest absolute Gasteiger partial charge is 0.351 e. The zero-order valence-electron chi connectivity index (χ0n) is 12.5. The number of amides is 1. The summed E-state index contributed by atoms with van der Waals surface area (Å²) in [6.07, 6.45) is 4.28. The summed E-state index contributed by atoms with van der Waals surface area (Å²) in [5, 5.41) is 6.82. The SMILES string of the molecule is CC.CN1CCC2=C(C1=O)C(c1cccnc1)NC(=S)N2. The lowest BCUT2D eigenvalue weighted by Gasteiger charge is -2.36. The Bertz CT molecular complexity index is 570. The molecule has 1 aromatic heterocycles. The number of pyridine rings is 1. The van der Waals surface area contributed by atoms with E-state index in [0.29, 0.717) is 11.7 Å². The second-order valence-electron chi connectivity index (χ2n) is 4.69. The van der Waals surface area contributed by atoms with Crippen LogP contribution in [0.25, 0.3) is 0 Å². The van der Waals surface area contributed by atoms with Gasteiger partial charge in [0, 0.05) is 38.1 Å². The number of aromatic nitrogens is 1. The minimum atomic E-state index is -0.215. The molecule has 0 saturated heterocycles. The van der Waals surface area contributed by atoms with Crippen LogP contribution in [0.4, 0.5) is 0 Å². The molecule has 1 atom stereocenters. The van der Waals surface area contributed by atoms with Crippen molar-refractivity contribution in [3.05, 3.63) is 41.4 Å². The number of thiocarbonyl (C=S) groups is 1. The maximum Gasteiger partial charge on any atom is 0.253 e. The molecule has 0 spiro atoms. The third-order valence-corrected chi connectivity index (χ3v) is 3.67. The summed E-state index contributed by atoms with van der Waals surface area (Å²) in [7, 11) is 1.82. The number of rotatable bonds is 1. The van der Waals surface area contributed by atoms with Crippen LogP contribution >= 0.6 is 12.2 Å². The van der Waals surface area contributed by atoms with Crippen LogP contribution in [0.3, 0.4) is 0 Å². The Morgan fingerprint density at radius 3 is 2.86 bits per heavy atom. The van der Waals surface area contributed by atoms with Crippen LogP contribution in [-0.4, -0.2) is 34.5 Å². The fourth-order valence-corrected chi connectivity index (χ4v) is 2.69. The summed E-state index contributed by atoms with van der Waals surface area (Å²) < 4.78 is 0. The van der Waals surface area contributed by atoms with Gasteiger partial charge in [0.1, 0.15) is 0 Å². The first-order chi connectivity index (χ1) is 10.2. The second kappa shape index (κ2) is 6.67. The van der Waals surface area contributed by atoms with Crippen molar-refractivity contribution in [2.75, 3.05) is 13.6 Å². The third-order valence-electron chi connectivity index (χ3n) is 3.45. The van der Waals surface area contributed by atoms with Crippen LogP contribution in [0.2, 0.25) is 0 Å². The van der Waals surface area contributed by atoms with Crippen molar-refractivity contribution in [3.8, 4) is 0 Å². The number of carbonyl (C=O) groups excluding carboxylic acids is 1. The molecule has 1 unspecified atom stereocenters. The molecule has 3 heterocycles. The quantitative estimate of drug-likeness (QED) is 0.774. The Balaban J connectivity index is 0.000000774. The fraction of sp³-hybridized carbons (Fsp3) is 0.400. The van der Waals surface area contributed by atoms with Gasteiger partial charge in [0.25, 0.3) is 5.91 Å². The molecular weight excluding hydrogens is 284 g/mol. The fourth-order valence-electron chi connectivity index (χ4n) is 2.45. The van der Waals surface area contributed by atoms with E-state index in [-0.39, 0.29) is 11.9 Å². The van der Waals surface area contributed by atoms with Crippen molar-refractivity contribution in [1.82, 2.24) is 20.5 Å². The van der Waals surface area contributed by atoms with Gasteiger partial charge < -0.3 is 15.5 Å². The van der Waals surface area contributed by atoms with E-state index in [9.17, 15) is 4.79 Å². The first-order valence-corrected chi connectivity index (χ1v) is 7.53. The molecule has 0 bridgehead atoms. The van der Waals surface area contributed by atoms with Gasteiger partial charge in [0.15, 0.2) is 5.11 Å². The van der Waals surface area contributed by atoms with E-state index in [2.05, 4.69) is 15.6 Å². The molecule has 112 valence electrons. The second-order valence-corrected chi connectivity index (χ2v) is 5.10. The lowest BCUT2D eigenvalue weighted by atomic mass is 9.92. The Morgan fingerprint density at radius 1 is 1.43 bits per heavy atom. The average molecular weight is 304 g/mol. The highest BCUT2D eigenvalue weighted by Gasteiger charge is 2.35. The van der Waals surface area contributed by atoms with Gasteiger partial charge >= 0.3 is 0 Å². The normalized spacial score (nSPS) is 20.9. The molecule has 1 aromatic rings. The molecule has 0 fully saturated rings. The van der Waals surface area contributed by atoms with Crippen molar-refractivity contribution >= 4 is 23.2 Å². The van der Waals surface area contributed by atoms with Gasteiger partial charge in [-0.2, -0.15) is 0 Å². The zero-order chi connectivity index (χ0) is 15.4. The molecular formula is C15H20N4OS. The number of nitrogens with one attached hydrogen (secondary N) is 2. The van der Waals surface area contributed by atoms with E-state index in [1.54, 1.807) is 17.3 Å².